The van der Waals surface area contributed by atoms with Crippen LogP contribution in [-0.4, -0.2) is 25.9 Å². The molecule has 0 unspecified atom stereocenters. The average Bonchev–Trinajstić information content (AvgIpc) is 2.84. The Morgan fingerprint density at radius 2 is 1.95 bits per heavy atom. The van der Waals surface area contributed by atoms with Gasteiger partial charge >= 0.3 is 6.18 Å². The second-order valence-corrected chi connectivity index (χ2v) is 5.86. The number of aryl methyl sites for hydroxylation is 1. The number of hydrogen-bond donors (Lipinski definition) is 1. The van der Waals surface area contributed by atoms with Gasteiger partial charge in [0.25, 0.3) is 0 Å². The van der Waals surface area contributed by atoms with Crippen molar-refractivity contribution in [2.75, 3.05) is 5.32 Å². The highest BCUT2D eigenvalue weighted by Gasteiger charge is 2.30. The van der Waals surface area contributed by atoms with Crippen molar-refractivity contribution in [3.8, 4) is 0 Å². The molecule has 1 amide bonds. The molecular weight excluding hydrogens is 317 g/mol. The van der Waals surface area contributed by atoms with E-state index in [2.05, 4.69) is 15.5 Å². The van der Waals surface area contributed by atoms with Gasteiger partial charge in [-0.1, -0.05) is 11.8 Å². The molecule has 2 rings (SSSR count). The lowest BCUT2D eigenvalue weighted by atomic mass is 10.2. The molecule has 1 atom stereocenters. The molecule has 0 radical (unpaired) electrons. The van der Waals surface area contributed by atoms with Crippen molar-refractivity contribution < 1.29 is 18.0 Å². The molecule has 1 heterocycles. The van der Waals surface area contributed by atoms with Crippen LogP contribution in [0, 0.1) is 0 Å². The van der Waals surface area contributed by atoms with Gasteiger partial charge in [-0.3, -0.25) is 4.79 Å². The van der Waals surface area contributed by atoms with E-state index in [9.17, 15) is 18.0 Å². The zero-order chi connectivity index (χ0) is 16.3. The van der Waals surface area contributed by atoms with Gasteiger partial charge in [0.05, 0.1) is 10.8 Å². The van der Waals surface area contributed by atoms with Gasteiger partial charge in [-0.15, -0.1) is 10.2 Å². The van der Waals surface area contributed by atoms with Crippen LogP contribution in [0.2, 0.25) is 0 Å². The second-order valence-electron chi connectivity index (χ2n) is 4.55. The summed E-state index contributed by atoms with van der Waals surface area (Å²) in [6, 6.07) is 4.30. The first-order chi connectivity index (χ1) is 10.3. The van der Waals surface area contributed by atoms with Crippen LogP contribution < -0.4 is 5.32 Å². The smallest absolute Gasteiger partial charge is 0.325 e. The van der Waals surface area contributed by atoms with Gasteiger partial charge < -0.3 is 9.88 Å². The number of nitrogens with one attached hydrogen (secondary N) is 1. The van der Waals surface area contributed by atoms with Gasteiger partial charge in [0, 0.05) is 12.7 Å². The molecule has 1 aromatic carbocycles. The lowest BCUT2D eigenvalue weighted by molar-refractivity contribution is -0.137. The minimum atomic E-state index is -4.39. The van der Waals surface area contributed by atoms with E-state index in [1.165, 1.54) is 30.2 Å². The molecule has 0 saturated carbocycles. The van der Waals surface area contributed by atoms with Crippen LogP contribution in [0.5, 0.6) is 0 Å². The fourth-order valence-electron chi connectivity index (χ4n) is 1.58. The number of carbonyl (C=O) groups excluding carboxylic acids is 1. The molecule has 5 nitrogen and oxygen atoms in total. The third kappa shape index (κ3) is 4.00. The number of nitrogens with zero attached hydrogens (tertiary/aromatic N) is 3. The van der Waals surface area contributed by atoms with E-state index in [0.717, 1.165) is 12.1 Å². The van der Waals surface area contributed by atoms with E-state index >= 15 is 0 Å². The van der Waals surface area contributed by atoms with Crippen LogP contribution in [0.15, 0.2) is 35.7 Å². The van der Waals surface area contributed by atoms with Crippen molar-refractivity contribution in [2.45, 2.75) is 23.5 Å². The molecule has 9 heteroatoms. The van der Waals surface area contributed by atoms with Gasteiger partial charge in [0.2, 0.25) is 5.91 Å². The summed E-state index contributed by atoms with van der Waals surface area (Å²) < 4.78 is 39.0. The molecule has 0 bridgehead atoms. The van der Waals surface area contributed by atoms with Crippen LogP contribution in [0.4, 0.5) is 18.9 Å². The topological polar surface area (TPSA) is 59.8 Å². The third-order valence-electron chi connectivity index (χ3n) is 2.80. The molecule has 0 aliphatic rings. The number of anilines is 1. The Kier molecular flexibility index (Phi) is 4.74. The van der Waals surface area contributed by atoms with Crippen LogP contribution in [0.3, 0.4) is 0 Å². The van der Waals surface area contributed by atoms with Gasteiger partial charge in [-0.05, 0) is 31.2 Å². The maximum absolute atomic E-state index is 12.5. The summed E-state index contributed by atoms with van der Waals surface area (Å²) in [5.74, 6) is -0.326. The summed E-state index contributed by atoms with van der Waals surface area (Å²) in [7, 11) is 1.75. The molecule has 0 aliphatic carbocycles. The maximum Gasteiger partial charge on any atom is 0.416 e. The first kappa shape index (κ1) is 16.3. The standard InChI is InChI=1S/C13H13F3N4OS/c1-8(22-12-19-17-7-20(12)2)11(21)18-10-5-3-9(4-6-10)13(14,15)16/h3-8H,1-2H3,(H,18,21)/t8-/m1/s1. The van der Waals surface area contributed by atoms with Gasteiger partial charge in [0.15, 0.2) is 5.16 Å². The molecule has 2 aromatic rings. The van der Waals surface area contributed by atoms with Crippen LogP contribution in [-0.2, 0) is 18.0 Å². The number of benzene rings is 1. The summed E-state index contributed by atoms with van der Waals surface area (Å²) in [4.78, 5) is 12.0. The molecular formula is C13H13F3N4OS. The third-order valence-corrected chi connectivity index (χ3v) is 3.95. The zero-order valence-electron chi connectivity index (χ0n) is 11.8. The van der Waals surface area contributed by atoms with E-state index in [1.807, 2.05) is 0 Å². The average molecular weight is 330 g/mol. The summed E-state index contributed by atoms with van der Waals surface area (Å²) in [6.45, 7) is 1.68. The van der Waals surface area contributed by atoms with Crippen molar-refractivity contribution >= 4 is 23.4 Å². The summed E-state index contributed by atoms with van der Waals surface area (Å²) in [6.07, 6.45) is -2.88. The minimum absolute atomic E-state index is 0.309. The van der Waals surface area contributed by atoms with Crippen molar-refractivity contribution in [3.05, 3.63) is 36.2 Å². The zero-order valence-corrected chi connectivity index (χ0v) is 12.6. The number of alkyl halides is 3. The van der Waals surface area contributed by atoms with E-state index < -0.39 is 17.0 Å². The maximum atomic E-state index is 12.5. The molecule has 0 saturated heterocycles. The monoisotopic (exact) mass is 330 g/mol. The molecule has 1 N–H and O–H groups in total. The Labute approximate surface area is 128 Å². The van der Waals surface area contributed by atoms with E-state index in [4.69, 9.17) is 0 Å². The first-order valence-corrected chi connectivity index (χ1v) is 7.14. The van der Waals surface area contributed by atoms with Gasteiger partial charge in [-0.2, -0.15) is 13.2 Å². The fourth-order valence-corrected chi connectivity index (χ4v) is 2.37. The van der Waals surface area contributed by atoms with Crippen LogP contribution >= 0.6 is 11.8 Å². The number of hydrogen-bond acceptors (Lipinski definition) is 4. The van der Waals surface area contributed by atoms with E-state index in [1.54, 1.807) is 18.5 Å². The summed E-state index contributed by atoms with van der Waals surface area (Å²) in [5, 5.41) is 10.2. The molecule has 22 heavy (non-hydrogen) atoms. The van der Waals surface area contributed by atoms with E-state index in [0.29, 0.717) is 10.8 Å². The SMILES string of the molecule is C[C@@H](Sc1nncn1C)C(=O)Nc1ccc(C(F)(F)F)cc1. The van der Waals surface area contributed by atoms with Crippen molar-refractivity contribution in [1.29, 1.82) is 0 Å². The Bertz CT molecular complexity index is 654. The molecule has 0 spiro atoms. The lowest BCUT2D eigenvalue weighted by Gasteiger charge is -2.12. The Hall–Kier alpha value is -2.03. The predicted octanol–water partition coefficient (Wildman–Crippen LogP) is 2.95. The second kappa shape index (κ2) is 6.39. The largest absolute Gasteiger partial charge is 0.416 e. The quantitative estimate of drug-likeness (QED) is 0.876. The number of carbonyl (C=O) groups is 1. The fraction of sp³-hybridized carbons (Fsp3) is 0.308. The Morgan fingerprint density at radius 3 is 2.45 bits per heavy atom. The van der Waals surface area contributed by atoms with Gasteiger partial charge in [-0.25, -0.2) is 0 Å². The molecule has 118 valence electrons. The molecule has 0 aliphatic heterocycles. The van der Waals surface area contributed by atoms with Crippen LogP contribution in [0.25, 0.3) is 0 Å². The highest BCUT2D eigenvalue weighted by molar-refractivity contribution is 8.00. The Morgan fingerprint density at radius 1 is 1.32 bits per heavy atom. The molecule has 1 aromatic heterocycles. The first-order valence-electron chi connectivity index (χ1n) is 6.26. The summed E-state index contributed by atoms with van der Waals surface area (Å²) >= 11 is 1.21. The highest BCUT2D eigenvalue weighted by Crippen LogP contribution is 2.30. The lowest BCUT2D eigenvalue weighted by Crippen LogP contribution is -2.22. The normalized spacial score (nSPS) is 13.0. The minimum Gasteiger partial charge on any atom is -0.325 e. The van der Waals surface area contributed by atoms with Crippen molar-refractivity contribution in [1.82, 2.24) is 14.8 Å². The number of rotatable bonds is 4. The Balaban J connectivity index is 1.98. The van der Waals surface area contributed by atoms with Crippen molar-refractivity contribution in [2.24, 2.45) is 7.05 Å². The number of amides is 1. The van der Waals surface area contributed by atoms with Gasteiger partial charge in [0.1, 0.15) is 6.33 Å². The number of halogens is 3. The summed E-state index contributed by atoms with van der Waals surface area (Å²) in [5.41, 5.74) is -0.449. The predicted molar refractivity (Wildman–Crippen MR) is 76.4 cm³/mol. The van der Waals surface area contributed by atoms with Crippen LogP contribution in [0.1, 0.15) is 12.5 Å². The number of aromatic nitrogens is 3. The van der Waals surface area contributed by atoms with E-state index in [-0.39, 0.29) is 5.91 Å². The highest BCUT2D eigenvalue weighted by atomic mass is 32.2. The number of thioether (sulfide) groups is 1. The molecule has 0 fully saturated rings. The van der Waals surface area contributed by atoms with Crippen molar-refractivity contribution in [3.63, 3.8) is 0 Å².